The van der Waals surface area contributed by atoms with Crippen LogP contribution in [0.3, 0.4) is 0 Å². The van der Waals surface area contributed by atoms with Crippen molar-refractivity contribution in [3.05, 3.63) is 71.8 Å². The van der Waals surface area contributed by atoms with Crippen LogP contribution in [-0.4, -0.2) is 17.9 Å². The first-order chi connectivity index (χ1) is 12.0. The van der Waals surface area contributed by atoms with Gasteiger partial charge in [0.15, 0.2) is 0 Å². The fourth-order valence-corrected chi connectivity index (χ4v) is 2.48. The predicted molar refractivity (Wildman–Crippen MR) is 106 cm³/mol. The number of nitrogens with two attached hydrogens (primary N) is 1. The molecule has 2 aromatic rings. The number of nitrogens with one attached hydrogen (secondary N) is 2. The molecule has 140 valence electrons. The van der Waals surface area contributed by atoms with Crippen molar-refractivity contribution in [2.45, 2.75) is 32.5 Å². The molecule has 0 fully saturated rings. The lowest BCUT2D eigenvalue weighted by Gasteiger charge is -2.22. The molecule has 0 radical (unpaired) electrons. The van der Waals surface area contributed by atoms with Gasteiger partial charge in [0.25, 0.3) is 0 Å². The van der Waals surface area contributed by atoms with Crippen molar-refractivity contribution in [3.8, 4) is 0 Å². The summed E-state index contributed by atoms with van der Waals surface area (Å²) in [5, 5.41) is 5.55. The van der Waals surface area contributed by atoms with Gasteiger partial charge in [-0.15, -0.1) is 12.4 Å². The molecule has 0 bridgehead atoms. The van der Waals surface area contributed by atoms with Crippen LogP contribution in [0.4, 0.5) is 0 Å². The number of benzene rings is 2. The first kappa shape index (κ1) is 21.7. The molecule has 0 aliphatic rings. The van der Waals surface area contributed by atoms with Crippen LogP contribution in [0.2, 0.25) is 0 Å². The minimum atomic E-state index is -0.623. The Hall–Kier alpha value is -2.37. The fraction of sp³-hybridized carbons (Fsp3) is 0.300. The Labute approximate surface area is 160 Å². The maximum atomic E-state index is 12.4. The Morgan fingerprint density at radius 3 is 2.04 bits per heavy atom. The van der Waals surface area contributed by atoms with Crippen molar-refractivity contribution in [1.82, 2.24) is 10.6 Å². The highest BCUT2D eigenvalue weighted by molar-refractivity contribution is 5.88. The van der Waals surface area contributed by atoms with Crippen molar-refractivity contribution < 1.29 is 9.59 Å². The average molecular weight is 376 g/mol. The summed E-state index contributed by atoms with van der Waals surface area (Å²) in [6.45, 7) is 3.86. The summed E-state index contributed by atoms with van der Waals surface area (Å²) < 4.78 is 0. The molecule has 2 rings (SSSR count). The van der Waals surface area contributed by atoms with Gasteiger partial charge in [0.05, 0.1) is 5.92 Å². The molecule has 0 spiro atoms. The maximum absolute atomic E-state index is 12.4. The van der Waals surface area contributed by atoms with E-state index in [1.54, 1.807) is 13.8 Å². The zero-order valence-electron chi connectivity index (χ0n) is 15.0. The van der Waals surface area contributed by atoms with Gasteiger partial charge in [0.2, 0.25) is 11.8 Å². The minimum absolute atomic E-state index is 0. The smallest absolute Gasteiger partial charge is 0.242 e. The highest BCUT2D eigenvalue weighted by Gasteiger charge is 2.25. The zero-order chi connectivity index (χ0) is 18.2. The van der Waals surface area contributed by atoms with Gasteiger partial charge in [-0.1, -0.05) is 67.6 Å². The van der Waals surface area contributed by atoms with Gasteiger partial charge >= 0.3 is 0 Å². The van der Waals surface area contributed by atoms with Crippen LogP contribution in [-0.2, 0) is 16.1 Å². The molecule has 0 saturated carbocycles. The molecule has 0 aliphatic heterocycles. The van der Waals surface area contributed by atoms with Crippen molar-refractivity contribution in [1.29, 1.82) is 0 Å². The van der Waals surface area contributed by atoms with Gasteiger partial charge in [-0.3, -0.25) is 9.59 Å². The third-order valence-corrected chi connectivity index (χ3v) is 4.20. The van der Waals surface area contributed by atoms with Crippen molar-refractivity contribution in [2.75, 3.05) is 0 Å². The summed E-state index contributed by atoms with van der Waals surface area (Å²) in [5.41, 5.74) is 8.07. The van der Waals surface area contributed by atoms with E-state index in [9.17, 15) is 9.59 Å². The highest BCUT2D eigenvalue weighted by atomic mass is 35.5. The average Bonchev–Trinajstić information content (AvgIpc) is 2.66. The molecule has 0 saturated heterocycles. The van der Waals surface area contributed by atoms with E-state index in [0.717, 1.165) is 11.1 Å². The van der Waals surface area contributed by atoms with E-state index in [1.807, 2.05) is 60.7 Å². The molecule has 0 aliphatic carbocycles. The summed E-state index contributed by atoms with van der Waals surface area (Å²) in [6, 6.07) is 18.1. The number of carbonyl (C=O) groups is 2. The van der Waals surface area contributed by atoms with E-state index in [1.165, 1.54) is 0 Å². The zero-order valence-corrected chi connectivity index (χ0v) is 15.8. The highest BCUT2D eigenvalue weighted by Crippen LogP contribution is 2.19. The number of carbonyl (C=O) groups excluding carboxylic acids is 2. The number of amides is 2. The van der Waals surface area contributed by atoms with Crippen LogP contribution in [0.1, 0.15) is 31.0 Å². The minimum Gasteiger partial charge on any atom is -0.350 e. The van der Waals surface area contributed by atoms with Gasteiger partial charge < -0.3 is 16.4 Å². The lowest BCUT2D eigenvalue weighted by Crippen LogP contribution is -2.47. The van der Waals surface area contributed by atoms with Crippen molar-refractivity contribution >= 4 is 24.2 Å². The maximum Gasteiger partial charge on any atom is 0.242 e. The largest absolute Gasteiger partial charge is 0.350 e. The van der Waals surface area contributed by atoms with Crippen molar-refractivity contribution in [3.63, 3.8) is 0 Å². The Morgan fingerprint density at radius 1 is 0.923 bits per heavy atom. The Bertz CT molecular complexity index is 695. The normalized spacial score (nSPS) is 13.7. The second-order valence-corrected chi connectivity index (χ2v) is 6.16. The summed E-state index contributed by atoms with van der Waals surface area (Å²) in [5.74, 6) is -0.900. The van der Waals surface area contributed by atoms with Gasteiger partial charge in [0.1, 0.15) is 6.04 Å². The molecule has 6 heteroatoms. The predicted octanol–water partition coefficient (Wildman–Crippen LogP) is 2.57. The molecule has 26 heavy (non-hydrogen) atoms. The van der Waals surface area contributed by atoms with E-state index in [2.05, 4.69) is 10.6 Å². The van der Waals surface area contributed by atoms with Crippen LogP contribution < -0.4 is 16.4 Å². The molecule has 0 heterocycles. The molecule has 2 aromatic carbocycles. The summed E-state index contributed by atoms with van der Waals surface area (Å²) in [7, 11) is 0. The summed E-state index contributed by atoms with van der Waals surface area (Å²) >= 11 is 0. The summed E-state index contributed by atoms with van der Waals surface area (Å²) in [6.07, 6.45) is 0. The molecule has 4 N–H and O–H groups in total. The Morgan fingerprint density at radius 2 is 1.46 bits per heavy atom. The van der Waals surface area contributed by atoms with Crippen LogP contribution in [0.15, 0.2) is 60.7 Å². The molecular formula is C20H26ClN3O2. The van der Waals surface area contributed by atoms with E-state index < -0.39 is 18.0 Å². The molecule has 0 aromatic heterocycles. The number of hydrogen-bond donors (Lipinski definition) is 3. The second-order valence-electron chi connectivity index (χ2n) is 6.16. The van der Waals surface area contributed by atoms with E-state index in [-0.39, 0.29) is 24.2 Å². The lowest BCUT2D eigenvalue weighted by molar-refractivity contribution is -0.130. The standard InChI is InChI=1S/C20H25N3O2.ClH/c1-14(18(21)17-11-7-4-8-12-17)19(24)23-15(2)20(25)22-13-16-9-5-3-6-10-16;/h3-12,14-15,18H,13,21H2,1-2H3,(H,22,25)(H,23,24);1H. The monoisotopic (exact) mass is 375 g/mol. The number of hydrogen-bond acceptors (Lipinski definition) is 3. The molecular weight excluding hydrogens is 350 g/mol. The SMILES string of the molecule is CC(NC(=O)C(C)C(N)c1ccccc1)C(=O)NCc1ccccc1.Cl. The van der Waals surface area contributed by atoms with Gasteiger partial charge in [-0.2, -0.15) is 0 Å². The van der Waals surface area contributed by atoms with E-state index >= 15 is 0 Å². The van der Waals surface area contributed by atoms with E-state index in [0.29, 0.717) is 6.54 Å². The second kappa shape index (κ2) is 10.6. The van der Waals surface area contributed by atoms with Crippen LogP contribution in [0.25, 0.3) is 0 Å². The first-order valence-electron chi connectivity index (χ1n) is 8.41. The Balaban J connectivity index is 0.00000338. The van der Waals surface area contributed by atoms with Gasteiger partial charge in [0, 0.05) is 12.6 Å². The Kier molecular flexibility index (Phi) is 8.82. The lowest BCUT2D eigenvalue weighted by atomic mass is 9.94. The molecule has 3 unspecified atom stereocenters. The summed E-state index contributed by atoms with van der Waals surface area (Å²) in [4.78, 5) is 24.5. The molecule has 5 nitrogen and oxygen atoms in total. The topological polar surface area (TPSA) is 84.2 Å². The van der Waals surface area contributed by atoms with Gasteiger partial charge in [-0.25, -0.2) is 0 Å². The van der Waals surface area contributed by atoms with Gasteiger partial charge in [-0.05, 0) is 18.1 Å². The molecule has 3 atom stereocenters. The fourth-order valence-electron chi connectivity index (χ4n) is 2.48. The molecule has 2 amide bonds. The third-order valence-electron chi connectivity index (χ3n) is 4.20. The van der Waals surface area contributed by atoms with Crippen LogP contribution in [0.5, 0.6) is 0 Å². The van der Waals surface area contributed by atoms with Crippen LogP contribution in [0, 0.1) is 5.92 Å². The first-order valence-corrected chi connectivity index (χ1v) is 8.41. The van der Waals surface area contributed by atoms with Crippen LogP contribution >= 0.6 is 12.4 Å². The number of rotatable bonds is 7. The third kappa shape index (κ3) is 6.17. The van der Waals surface area contributed by atoms with Crippen molar-refractivity contribution in [2.24, 2.45) is 11.7 Å². The van der Waals surface area contributed by atoms with E-state index in [4.69, 9.17) is 5.73 Å². The quantitative estimate of drug-likeness (QED) is 0.695. The number of halogens is 1.